The van der Waals surface area contributed by atoms with Gasteiger partial charge in [-0.05, 0) is 26.6 Å². The molecule has 2 unspecified atom stereocenters. The number of hydrogen-bond acceptors (Lipinski definition) is 4. The van der Waals surface area contributed by atoms with Gasteiger partial charge in [0.25, 0.3) is 0 Å². The van der Waals surface area contributed by atoms with Crippen LogP contribution in [0.25, 0.3) is 0 Å². The average Bonchev–Trinajstić information content (AvgIpc) is 2.28. The molecule has 2 atom stereocenters. The Morgan fingerprint density at radius 2 is 1.89 bits per heavy atom. The minimum Gasteiger partial charge on any atom is -0.388 e. The standard InChI is InChI=1S/C14H24N2O2/c1-14(18,11-16(2)3)10-15-9-13(17)12-7-5-4-6-8-12/h4-8,13,15,17-18H,9-11H2,1-3H3. The third kappa shape index (κ3) is 5.60. The Labute approximate surface area is 109 Å². The topological polar surface area (TPSA) is 55.7 Å². The molecule has 18 heavy (non-hydrogen) atoms. The van der Waals surface area contributed by atoms with E-state index >= 15 is 0 Å². The van der Waals surface area contributed by atoms with Crippen molar-refractivity contribution in [2.24, 2.45) is 0 Å². The van der Waals surface area contributed by atoms with Gasteiger partial charge in [0.15, 0.2) is 0 Å². The first-order valence-corrected chi connectivity index (χ1v) is 6.21. The van der Waals surface area contributed by atoms with Gasteiger partial charge in [0, 0.05) is 19.6 Å². The van der Waals surface area contributed by atoms with Gasteiger partial charge < -0.3 is 20.4 Å². The van der Waals surface area contributed by atoms with Crippen molar-refractivity contribution >= 4 is 0 Å². The van der Waals surface area contributed by atoms with E-state index in [9.17, 15) is 10.2 Å². The maximum atomic E-state index is 10.1. The van der Waals surface area contributed by atoms with Gasteiger partial charge in [-0.25, -0.2) is 0 Å². The minimum absolute atomic E-state index is 0.438. The summed E-state index contributed by atoms with van der Waals surface area (Å²) in [6.07, 6.45) is -0.540. The fourth-order valence-electron chi connectivity index (χ4n) is 2.01. The van der Waals surface area contributed by atoms with E-state index in [1.165, 1.54) is 0 Å². The largest absolute Gasteiger partial charge is 0.388 e. The number of benzene rings is 1. The Morgan fingerprint density at radius 3 is 2.44 bits per heavy atom. The highest BCUT2D eigenvalue weighted by Crippen LogP contribution is 2.11. The fourth-order valence-corrected chi connectivity index (χ4v) is 2.01. The first-order chi connectivity index (χ1) is 8.41. The van der Waals surface area contributed by atoms with Crippen molar-refractivity contribution in [1.82, 2.24) is 10.2 Å². The molecule has 4 nitrogen and oxygen atoms in total. The van der Waals surface area contributed by atoms with Crippen molar-refractivity contribution in [3.8, 4) is 0 Å². The van der Waals surface area contributed by atoms with Crippen molar-refractivity contribution in [3.05, 3.63) is 35.9 Å². The predicted octanol–water partition coefficient (Wildman–Crippen LogP) is 0.622. The Balaban J connectivity index is 2.33. The predicted molar refractivity (Wildman–Crippen MR) is 73.4 cm³/mol. The summed E-state index contributed by atoms with van der Waals surface area (Å²) in [6.45, 7) is 3.26. The molecule has 0 saturated heterocycles. The summed E-state index contributed by atoms with van der Waals surface area (Å²) in [6, 6.07) is 9.52. The molecule has 1 rings (SSSR count). The van der Waals surface area contributed by atoms with E-state index in [4.69, 9.17) is 0 Å². The van der Waals surface area contributed by atoms with Gasteiger partial charge in [0.05, 0.1) is 11.7 Å². The molecule has 1 aromatic rings. The van der Waals surface area contributed by atoms with Crippen LogP contribution in [0.2, 0.25) is 0 Å². The molecule has 0 aliphatic rings. The molecule has 0 spiro atoms. The minimum atomic E-state index is -0.792. The molecular weight excluding hydrogens is 228 g/mol. The highest BCUT2D eigenvalue weighted by atomic mass is 16.3. The summed E-state index contributed by atoms with van der Waals surface area (Å²) in [4.78, 5) is 1.94. The van der Waals surface area contributed by atoms with E-state index in [2.05, 4.69) is 5.32 Å². The lowest BCUT2D eigenvalue weighted by Crippen LogP contribution is -2.46. The van der Waals surface area contributed by atoms with Gasteiger partial charge in [-0.1, -0.05) is 30.3 Å². The zero-order valence-electron chi connectivity index (χ0n) is 11.4. The van der Waals surface area contributed by atoms with Crippen molar-refractivity contribution in [2.45, 2.75) is 18.6 Å². The van der Waals surface area contributed by atoms with E-state index in [0.29, 0.717) is 19.6 Å². The molecule has 0 heterocycles. The second kappa shape index (κ2) is 6.85. The highest BCUT2D eigenvalue weighted by molar-refractivity contribution is 5.17. The van der Waals surface area contributed by atoms with Crippen LogP contribution < -0.4 is 5.32 Å². The Kier molecular flexibility index (Phi) is 5.75. The molecular formula is C14H24N2O2. The summed E-state index contributed by atoms with van der Waals surface area (Å²) in [5.74, 6) is 0. The average molecular weight is 252 g/mol. The van der Waals surface area contributed by atoms with Gasteiger partial charge >= 0.3 is 0 Å². The molecule has 3 N–H and O–H groups in total. The van der Waals surface area contributed by atoms with E-state index in [1.807, 2.05) is 49.3 Å². The molecule has 1 aromatic carbocycles. The molecule has 4 heteroatoms. The Morgan fingerprint density at radius 1 is 1.28 bits per heavy atom. The third-order valence-corrected chi connectivity index (χ3v) is 2.68. The number of aliphatic hydroxyl groups is 2. The molecule has 0 bridgehead atoms. The molecule has 102 valence electrons. The fraction of sp³-hybridized carbons (Fsp3) is 0.571. The second-order valence-corrected chi connectivity index (χ2v) is 5.29. The van der Waals surface area contributed by atoms with Crippen LogP contribution >= 0.6 is 0 Å². The van der Waals surface area contributed by atoms with E-state index < -0.39 is 11.7 Å². The summed E-state index contributed by atoms with van der Waals surface area (Å²) >= 11 is 0. The number of rotatable bonds is 7. The zero-order valence-corrected chi connectivity index (χ0v) is 11.4. The Bertz CT molecular complexity index is 339. The molecule has 0 fully saturated rings. The Hall–Kier alpha value is -0.940. The van der Waals surface area contributed by atoms with Crippen LogP contribution in [0.3, 0.4) is 0 Å². The van der Waals surface area contributed by atoms with E-state index in [-0.39, 0.29) is 0 Å². The summed E-state index contributed by atoms with van der Waals surface area (Å²) in [7, 11) is 3.85. The maximum Gasteiger partial charge on any atom is 0.0914 e. The maximum absolute atomic E-state index is 10.1. The lowest BCUT2D eigenvalue weighted by atomic mass is 10.1. The number of nitrogens with one attached hydrogen (secondary N) is 1. The normalized spacial score (nSPS) is 16.6. The van der Waals surface area contributed by atoms with Gasteiger partial charge in [-0.3, -0.25) is 0 Å². The molecule has 0 radical (unpaired) electrons. The van der Waals surface area contributed by atoms with Crippen LogP contribution in [-0.2, 0) is 0 Å². The zero-order chi connectivity index (χ0) is 13.6. The smallest absolute Gasteiger partial charge is 0.0914 e. The molecule has 0 aliphatic heterocycles. The number of hydrogen-bond donors (Lipinski definition) is 3. The van der Waals surface area contributed by atoms with Crippen molar-refractivity contribution in [2.75, 3.05) is 33.7 Å². The lowest BCUT2D eigenvalue weighted by Gasteiger charge is -2.27. The second-order valence-electron chi connectivity index (χ2n) is 5.29. The van der Waals surface area contributed by atoms with Gasteiger partial charge in [-0.15, -0.1) is 0 Å². The number of aliphatic hydroxyl groups excluding tert-OH is 1. The summed E-state index contributed by atoms with van der Waals surface area (Å²) < 4.78 is 0. The number of nitrogens with zero attached hydrogens (tertiary/aromatic N) is 1. The number of likely N-dealkylation sites (N-methyl/N-ethyl adjacent to an activating group) is 1. The summed E-state index contributed by atoms with van der Waals surface area (Å²) in [5, 5.41) is 23.1. The van der Waals surface area contributed by atoms with Gasteiger partial charge in [-0.2, -0.15) is 0 Å². The molecule has 0 aliphatic carbocycles. The van der Waals surface area contributed by atoms with Crippen LogP contribution in [0, 0.1) is 0 Å². The van der Waals surface area contributed by atoms with Crippen LogP contribution in [0.15, 0.2) is 30.3 Å². The third-order valence-electron chi connectivity index (χ3n) is 2.68. The van der Waals surface area contributed by atoms with Crippen molar-refractivity contribution < 1.29 is 10.2 Å². The highest BCUT2D eigenvalue weighted by Gasteiger charge is 2.21. The van der Waals surface area contributed by atoms with Gasteiger partial charge in [0.2, 0.25) is 0 Å². The quantitative estimate of drug-likeness (QED) is 0.666. The van der Waals surface area contributed by atoms with Crippen LogP contribution in [-0.4, -0.2) is 54.4 Å². The molecule has 0 amide bonds. The van der Waals surface area contributed by atoms with Crippen LogP contribution in [0.4, 0.5) is 0 Å². The van der Waals surface area contributed by atoms with Crippen molar-refractivity contribution in [3.63, 3.8) is 0 Å². The monoisotopic (exact) mass is 252 g/mol. The van der Waals surface area contributed by atoms with Gasteiger partial charge in [0.1, 0.15) is 0 Å². The van der Waals surface area contributed by atoms with E-state index in [0.717, 1.165) is 5.56 Å². The first-order valence-electron chi connectivity index (χ1n) is 6.21. The van der Waals surface area contributed by atoms with Crippen LogP contribution in [0.1, 0.15) is 18.6 Å². The van der Waals surface area contributed by atoms with E-state index in [1.54, 1.807) is 6.92 Å². The SMILES string of the molecule is CN(C)CC(C)(O)CNCC(O)c1ccccc1. The molecule has 0 aromatic heterocycles. The van der Waals surface area contributed by atoms with Crippen molar-refractivity contribution in [1.29, 1.82) is 0 Å². The molecule has 0 saturated carbocycles. The first kappa shape index (κ1) is 15.1. The lowest BCUT2D eigenvalue weighted by molar-refractivity contribution is 0.0308. The summed E-state index contributed by atoms with van der Waals surface area (Å²) in [5.41, 5.74) is 0.0946. The van der Waals surface area contributed by atoms with Crippen LogP contribution in [0.5, 0.6) is 0 Å².